The van der Waals surface area contributed by atoms with Crippen molar-refractivity contribution >= 4 is 5.91 Å². The van der Waals surface area contributed by atoms with Crippen LogP contribution in [0.4, 0.5) is 4.39 Å². The lowest BCUT2D eigenvalue weighted by atomic mass is 9.89. The zero-order chi connectivity index (χ0) is 16.8. The minimum absolute atomic E-state index is 0.265. The van der Waals surface area contributed by atoms with Gasteiger partial charge in [0.05, 0.1) is 11.7 Å². The van der Waals surface area contributed by atoms with Gasteiger partial charge in [-0.3, -0.25) is 4.79 Å². The summed E-state index contributed by atoms with van der Waals surface area (Å²) in [6.07, 6.45) is 1.45. The van der Waals surface area contributed by atoms with Gasteiger partial charge < -0.3 is 15.9 Å². The number of carbonyl (C=O) groups excluding carboxylic acids is 1. The molecular weight excluding hydrogens is 285 g/mol. The Labute approximate surface area is 131 Å². The van der Waals surface area contributed by atoms with E-state index < -0.39 is 23.5 Å². The molecule has 0 spiro atoms. The van der Waals surface area contributed by atoms with Gasteiger partial charge in [0, 0.05) is 5.92 Å². The van der Waals surface area contributed by atoms with Gasteiger partial charge >= 0.3 is 0 Å². The molecule has 0 radical (unpaired) electrons. The molecule has 124 valence electrons. The third-order valence-electron chi connectivity index (χ3n) is 3.72. The van der Waals surface area contributed by atoms with Crippen LogP contribution in [0.15, 0.2) is 24.3 Å². The van der Waals surface area contributed by atoms with Gasteiger partial charge in [-0.25, -0.2) is 4.39 Å². The number of amides is 1. The van der Waals surface area contributed by atoms with Gasteiger partial charge in [0.15, 0.2) is 0 Å². The Hall–Kier alpha value is -1.46. The van der Waals surface area contributed by atoms with E-state index in [2.05, 4.69) is 0 Å². The Morgan fingerprint density at radius 1 is 1.36 bits per heavy atom. The monoisotopic (exact) mass is 311 g/mol. The number of benzene rings is 1. The number of hydrogen-bond acceptors (Lipinski definition) is 3. The summed E-state index contributed by atoms with van der Waals surface area (Å²) in [6.45, 7) is 3.34. The maximum absolute atomic E-state index is 13.1. The van der Waals surface area contributed by atoms with E-state index >= 15 is 0 Å². The summed E-state index contributed by atoms with van der Waals surface area (Å²) in [6, 6.07) is 6.24. The molecule has 0 aliphatic rings. The van der Waals surface area contributed by atoms with E-state index in [1.807, 2.05) is 0 Å². The van der Waals surface area contributed by atoms with Gasteiger partial charge in [-0.1, -0.05) is 12.1 Å². The normalized spacial score (nSPS) is 14.6. The van der Waals surface area contributed by atoms with Crippen molar-refractivity contribution in [3.8, 4) is 0 Å². The Bertz CT molecular complexity index is 485. The molecule has 2 atom stereocenters. The van der Waals surface area contributed by atoms with Crippen LogP contribution in [-0.2, 0) is 11.2 Å². The number of rotatable bonds is 9. The molecule has 0 aliphatic heterocycles. The Morgan fingerprint density at radius 2 is 2.05 bits per heavy atom. The first-order chi connectivity index (χ1) is 10.2. The summed E-state index contributed by atoms with van der Waals surface area (Å²) >= 11 is 0. The summed E-state index contributed by atoms with van der Waals surface area (Å²) in [5.41, 5.74) is 5.31. The van der Waals surface area contributed by atoms with Gasteiger partial charge in [0.2, 0.25) is 5.91 Å². The Balaban J connectivity index is 2.46. The predicted molar refractivity (Wildman–Crippen MR) is 83.6 cm³/mol. The van der Waals surface area contributed by atoms with E-state index in [0.717, 1.165) is 5.56 Å². The molecular formula is C17H26FNO3. The molecule has 22 heavy (non-hydrogen) atoms. The summed E-state index contributed by atoms with van der Waals surface area (Å²) < 4.78 is 13.1. The molecule has 1 amide bonds. The topological polar surface area (TPSA) is 83.6 Å². The van der Waals surface area contributed by atoms with Crippen molar-refractivity contribution in [3.63, 3.8) is 0 Å². The van der Waals surface area contributed by atoms with Crippen LogP contribution >= 0.6 is 0 Å². The fourth-order valence-electron chi connectivity index (χ4n) is 2.38. The number of aliphatic hydroxyl groups is 2. The highest BCUT2D eigenvalue weighted by Crippen LogP contribution is 2.21. The van der Waals surface area contributed by atoms with Crippen LogP contribution in [0, 0.1) is 11.7 Å². The first kappa shape index (κ1) is 18.6. The molecule has 0 fully saturated rings. The van der Waals surface area contributed by atoms with Crippen molar-refractivity contribution in [2.24, 2.45) is 11.7 Å². The smallest absolute Gasteiger partial charge is 0.220 e. The summed E-state index contributed by atoms with van der Waals surface area (Å²) in [5, 5.41) is 19.8. The zero-order valence-corrected chi connectivity index (χ0v) is 13.3. The Kier molecular flexibility index (Phi) is 6.97. The fraction of sp³-hybridized carbons (Fsp3) is 0.588. The van der Waals surface area contributed by atoms with Crippen LogP contribution in [0.2, 0.25) is 0 Å². The molecule has 5 heteroatoms. The maximum atomic E-state index is 13.1. The molecule has 0 aliphatic carbocycles. The van der Waals surface area contributed by atoms with Gasteiger partial charge in [-0.15, -0.1) is 0 Å². The standard InChI is InChI=1S/C17H26FNO3/c1-17(2,22)9-8-13(16(19)21)11-15(20)7-6-12-4-3-5-14(18)10-12/h3-5,10,13,15,20,22H,6-9,11H2,1-2H3,(H2,19,21). The summed E-state index contributed by atoms with van der Waals surface area (Å²) in [4.78, 5) is 11.5. The largest absolute Gasteiger partial charge is 0.393 e. The molecule has 0 heterocycles. The van der Waals surface area contributed by atoms with E-state index in [1.54, 1.807) is 26.0 Å². The fourth-order valence-corrected chi connectivity index (χ4v) is 2.38. The third kappa shape index (κ3) is 7.52. The van der Waals surface area contributed by atoms with Gasteiger partial charge in [0.25, 0.3) is 0 Å². The molecule has 4 N–H and O–H groups in total. The van der Waals surface area contributed by atoms with Crippen LogP contribution in [0.25, 0.3) is 0 Å². The third-order valence-corrected chi connectivity index (χ3v) is 3.72. The molecule has 2 unspecified atom stereocenters. The van der Waals surface area contributed by atoms with Crippen LogP contribution in [0.3, 0.4) is 0 Å². The highest BCUT2D eigenvalue weighted by Gasteiger charge is 2.23. The highest BCUT2D eigenvalue weighted by molar-refractivity contribution is 5.76. The van der Waals surface area contributed by atoms with E-state index in [0.29, 0.717) is 25.7 Å². The van der Waals surface area contributed by atoms with Crippen molar-refractivity contribution in [1.82, 2.24) is 0 Å². The molecule has 0 aromatic heterocycles. The van der Waals surface area contributed by atoms with Gasteiger partial charge in [-0.05, 0) is 63.6 Å². The highest BCUT2D eigenvalue weighted by atomic mass is 19.1. The summed E-state index contributed by atoms with van der Waals surface area (Å²) in [7, 11) is 0. The maximum Gasteiger partial charge on any atom is 0.220 e. The minimum Gasteiger partial charge on any atom is -0.393 e. The van der Waals surface area contributed by atoms with Crippen LogP contribution in [-0.4, -0.2) is 27.8 Å². The average Bonchev–Trinajstić information content (AvgIpc) is 2.40. The molecule has 1 rings (SSSR count). The number of carbonyl (C=O) groups is 1. The van der Waals surface area contributed by atoms with E-state index in [9.17, 15) is 19.4 Å². The lowest BCUT2D eigenvalue weighted by Crippen LogP contribution is -2.30. The SMILES string of the molecule is CC(C)(O)CCC(CC(O)CCc1cccc(F)c1)C(N)=O. The van der Waals surface area contributed by atoms with E-state index in [1.165, 1.54) is 12.1 Å². The number of halogens is 1. The molecule has 1 aromatic carbocycles. The minimum atomic E-state index is -0.861. The lowest BCUT2D eigenvalue weighted by molar-refractivity contribution is -0.123. The average molecular weight is 311 g/mol. The van der Waals surface area contributed by atoms with Gasteiger partial charge in [0.1, 0.15) is 5.82 Å². The first-order valence-electron chi connectivity index (χ1n) is 7.61. The van der Waals surface area contributed by atoms with Crippen molar-refractivity contribution in [2.75, 3.05) is 0 Å². The van der Waals surface area contributed by atoms with Crippen molar-refractivity contribution < 1.29 is 19.4 Å². The number of hydrogen-bond donors (Lipinski definition) is 3. The predicted octanol–water partition coefficient (Wildman–Crippen LogP) is 2.16. The molecule has 0 bridgehead atoms. The Morgan fingerprint density at radius 3 is 2.59 bits per heavy atom. The number of nitrogens with two attached hydrogens (primary N) is 1. The van der Waals surface area contributed by atoms with E-state index in [4.69, 9.17) is 5.73 Å². The molecule has 4 nitrogen and oxygen atoms in total. The van der Waals surface area contributed by atoms with Gasteiger partial charge in [-0.2, -0.15) is 0 Å². The molecule has 0 saturated heterocycles. The summed E-state index contributed by atoms with van der Waals surface area (Å²) in [5.74, 6) is -1.23. The van der Waals surface area contributed by atoms with Crippen LogP contribution in [0.1, 0.15) is 45.1 Å². The van der Waals surface area contributed by atoms with Crippen molar-refractivity contribution in [2.45, 2.75) is 57.7 Å². The van der Waals surface area contributed by atoms with Crippen LogP contribution < -0.4 is 5.73 Å². The van der Waals surface area contributed by atoms with Crippen LogP contribution in [0.5, 0.6) is 0 Å². The van der Waals surface area contributed by atoms with Crippen molar-refractivity contribution in [3.05, 3.63) is 35.6 Å². The number of aliphatic hydroxyl groups excluding tert-OH is 1. The number of aryl methyl sites for hydroxylation is 1. The lowest BCUT2D eigenvalue weighted by Gasteiger charge is -2.22. The van der Waals surface area contributed by atoms with Crippen molar-refractivity contribution in [1.29, 1.82) is 0 Å². The second-order valence-electron chi connectivity index (χ2n) is 6.51. The second-order valence-corrected chi connectivity index (χ2v) is 6.51. The second kappa shape index (κ2) is 8.25. The molecule has 0 saturated carbocycles. The quantitative estimate of drug-likeness (QED) is 0.653. The zero-order valence-electron chi connectivity index (χ0n) is 13.3. The van der Waals surface area contributed by atoms with E-state index in [-0.39, 0.29) is 12.2 Å². The first-order valence-corrected chi connectivity index (χ1v) is 7.61. The number of primary amides is 1. The molecule has 1 aromatic rings.